The minimum Gasteiger partial charge on any atom is -0.488 e. The lowest BCUT2D eigenvalue weighted by Crippen LogP contribution is -2.32. The van der Waals surface area contributed by atoms with E-state index in [1.54, 1.807) is 20.3 Å². The molecule has 0 amide bonds. The van der Waals surface area contributed by atoms with Gasteiger partial charge in [0.05, 0.1) is 25.9 Å². The molecule has 1 aromatic heterocycles. The van der Waals surface area contributed by atoms with Crippen LogP contribution in [0.15, 0.2) is 71.3 Å². The number of fused-ring (bicyclic) bond motifs is 1. The second-order valence-corrected chi connectivity index (χ2v) is 10.3. The van der Waals surface area contributed by atoms with Crippen LogP contribution in [0.25, 0.3) is 22.1 Å². The van der Waals surface area contributed by atoms with Crippen LogP contribution in [0, 0.1) is 0 Å². The lowest BCUT2D eigenvalue weighted by molar-refractivity contribution is -0.142. The fraction of sp³-hybridized carbons (Fsp3) is 0.364. The van der Waals surface area contributed by atoms with Crippen molar-refractivity contribution in [3.05, 3.63) is 89.2 Å². The number of carbonyl (C=O) groups is 1. The van der Waals surface area contributed by atoms with E-state index in [2.05, 4.69) is 35.2 Å². The van der Waals surface area contributed by atoms with Crippen molar-refractivity contribution in [2.24, 2.45) is 5.73 Å². The molecule has 1 fully saturated rings. The summed E-state index contributed by atoms with van der Waals surface area (Å²) in [5, 5.41) is 1.02. The first-order chi connectivity index (χ1) is 19.6. The second kappa shape index (κ2) is 13.1. The average molecular weight is 543 g/mol. The van der Waals surface area contributed by atoms with Crippen molar-refractivity contribution in [3.8, 4) is 16.9 Å². The van der Waals surface area contributed by atoms with Crippen LogP contribution in [-0.2, 0) is 40.4 Å². The number of likely N-dealkylation sites (tertiary alicyclic amines) is 1. The highest BCUT2D eigenvalue weighted by atomic mass is 16.5. The molecule has 1 atom stereocenters. The molecule has 0 unspecified atom stereocenters. The summed E-state index contributed by atoms with van der Waals surface area (Å²) in [6.45, 7) is 5.51. The maximum Gasteiger partial charge on any atom is 0.310 e. The first-order valence-electron chi connectivity index (χ1n) is 14.0. The zero-order valence-corrected chi connectivity index (χ0v) is 23.4. The lowest BCUT2D eigenvalue weighted by Gasteiger charge is -2.24. The summed E-state index contributed by atoms with van der Waals surface area (Å²) in [7, 11) is 1.77. The predicted molar refractivity (Wildman–Crippen MR) is 156 cm³/mol. The molecule has 7 heteroatoms. The van der Waals surface area contributed by atoms with Crippen LogP contribution < -0.4 is 10.5 Å². The van der Waals surface area contributed by atoms with Gasteiger partial charge in [0, 0.05) is 48.3 Å². The number of ether oxygens (including phenoxy) is 3. The molecule has 0 spiro atoms. The van der Waals surface area contributed by atoms with Gasteiger partial charge in [0.2, 0.25) is 0 Å². The number of furan rings is 1. The quantitative estimate of drug-likeness (QED) is 0.225. The zero-order valence-electron chi connectivity index (χ0n) is 23.4. The van der Waals surface area contributed by atoms with Crippen molar-refractivity contribution in [2.45, 2.75) is 51.9 Å². The second-order valence-electron chi connectivity index (χ2n) is 10.3. The first kappa shape index (κ1) is 27.9. The number of rotatable bonds is 12. The van der Waals surface area contributed by atoms with Gasteiger partial charge in [-0.25, -0.2) is 0 Å². The summed E-state index contributed by atoms with van der Waals surface area (Å²) < 4.78 is 23.1. The van der Waals surface area contributed by atoms with E-state index in [0.717, 1.165) is 76.9 Å². The van der Waals surface area contributed by atoms with E-state index in [4.69, 9.17) is 24.4 Å². The maximum atomic E-state index is 12.1. The van der Waals surface area contributed by atoms with Gasteiger partial charge >= 0.3 is 5.97 Å². The molecule has 7 nitrogen and oxygen atoms in total. The van der Waals surface area contributed by atoms with E-state index in [1.807, 2.05) is 30.3 Å². The SMILES string of the molecule is CCOC(=O)Cc1ccccc1OCc1coc2c(CN3CCC[C@@H]3COC)cc(-c3cccc(CN)c3)cc12. The van der Waals surface area contributed by atoms with Crippen molar-refractivity contribution < 1.29 is 23.4 Å². The lowest BCUT2D eigenvalue weighted by atomic mass is 9.97. The van der Waals surface area contributed by atoms with E-state index in [1.165, 1.54) is 0 Å². The van der Waals surface area contributed by atoms with Crippen LogP contribution in [0.5, 0.6) is 5.75 Å². The number of methoxy groups -OCH3 is 1. The molecule has 0 bridgehead atoms. The Kier molecular flexibility index (Phi) is 9.16. The van der Waals surface area contributed by atoms with Crippen molar-refractivity contribution in [3.63, 3.8) is 0 Å². The monoisotopic (exact) mass is 542 g/mol. The normalized spacial score (nSPS) is 15.5. The highest BCUT2D eigenvalue weighted by Gasteiger charge is 2.26. The van der Waals surface area contributed by atoms with E-state index >= 15 is 0 Å². The summed E-state index contributed by atoms with van der Waals surface area (Å²) in [6, 6.07) is 20.8. The molecule has 1 aliphatic heterocycles. The summed E-state index contributed by atoms with van der Waals surface area (Å²) in [5.74, 6) is 0.395. The Morgan fingerprint density at radius 1 is 1.05 bits per heavy atom. The summed E-state index contributed by atoms with van der Waals surface area (Å²) in [4.78, 5) is 14.6. The van der Waals surface area contributed by atoms with Crippen molar-refractivity contribution in [1.29, 1.82) is 0 Å². The number of hydrogen-bond donors (Lipinski definition) is 1. The van der Waals surface area contributed by atoms with Crippen molar-refractivity contribution in [2.75, 3.05) is 26.9 Å². The minimum absolute atomic E-state index is 0.167. The molecular formula is C33H38N2O5. The smallest absolute Gasteiger partial charge is 0.310 e. The van der Waals surface area contributed by atoms with Gasteiger partial charge in [-0.05, 0) is 67.3 Å². The van der Waals surface area contributed by atoms with E-state index in [0.29, 0.717) is 31.5 Å². The van der Waals surface area contributed by atoms with Crippen molar-refractivity contribution in [1.82, 2.24) is 4.90 Å². The number of carbonyl (C=O) groups excluding carboxylic acids is 1. The molecule has 40 heavy (non-hydrogen) atoms. The molecule has 4 aromatic rings. The number of benzene rings is 3. The molecule has 2 heterocycles. The van der Waals surface area contributed by atoms with Crippen LogP contribution in [0.2, 0.25) is 0 Å². The van der Waals surface area contributed by atoms with Crippen LogP contribution in [0.3, 0.4) is 0 Å². The fourth-order valence-electron chi connectivity index (χ4n) is 5.55. The van der Waals surface area contributed by atoms with Crippen LogP contribution in [0.4, 0.5) is 0 Å². The number of hydrogen-bond acceptors (Lipinski definition) is 7. The average Bonchev–Trinajstić information content (AvgIpc) is 3.59. The number of nitrogens with zero attached hydrogens (tertiary/aromatic N) is 1. The van der Waals surface area contributed by atoms with Gasteiger partial charge in [0.1, 0.15) is 17.9 Å². The van der Waals surface area contributed by atoms with Gasteiger partial charge in [-0.2, -0.15) is 0 Å². The van der Waals surface area contributed by atoms with Crippen LogP contribution in [-0.4, -0.2) is 43.8 Å². The Bertz CT molecular complexity index is 1450. The molecule has 1 aliphatic rings. The fourth-order valence-corrected chi connectivity index (χ4v) is 5.55. The van der Waals surface area contributed by atoms with E-state index in [-0.39, 0.29) is 12.4 Å². The van der Waals surface area contributed by atoms with Gasteiger partial charge in [0.15, 0.2) is 0 Å². The largest absolute Gasteiger partial charge is 0.488 e. The highest BCUT2D eigenvalue weighted by Crippen LogP contribution is 2.34. The van der Waals surface area contributed by atoms with Gasteiger partial charge in [0.25, 0.3) is 0 Å². The molecule has 0 saturated carbocycles. The summed E-state index contributed by atoms with van der Waals surface area (Å²) >= 11 is 0. The first-order valence-corrected chi connectivity index (χ1v) is 14.0. The van der Waals surface area contributed by atoms with E-state index in [9.17, 15) is 4.79 Å². The predicted octanol–water partition coefficient (Wildman–Crippen LogP) is 5.85. The topological polar surface area (TPSA) is 87.2 Å². The van der Waals surface area contributed by atoms with Crippen LogP contribution in [0.1, 0.15) is 42.0 Å². The molecule has 5 rings (SSSR count). The van der Waals surface area contributed by atoms with Gasteiger partial charge in [-0.15, -0.1) is 0 Å². The molecule has 0 aliphatic carbocycles. The Hall–Kier alpha value is -3.65. The molecule has 3 aromatic carbocycles. The molecule has 1 saturated heterocycles. The zero-order chi connectivity index (χ0) is 27.9. The number of nitrogens with two attached hydrogens (primary N) is 1. The summed E-state index contributed by atoms with van der Waals surface area (Å²) in [6.07, 6.45) is 4.26. The maximum absolute atomic E-state index is 12.1. The Morgan fingerprint density at radius 3 is 2.75 bits per heavy atom. The standard InChI is InChI=1S/C33H38N2O5/c1-3-38-32(36)17-25-9-4-5-12-31(25)39-20-28-21-40-33-27(19-35-13-7-11-29(35)22-37-2)15-26(16-30(28)33)24-10-6-8-23(14-24)18-34/h4-6,8-10,12,14-16,21,29H,3,7,11,13,17-20,22,34H2,1-2H3/t29-/m1/s1. The molecule has 0 radical (unpaired) electrons. The Balaban J connectivity index is 1.48. The van der Waals surface area contributed by atoms with Gasteiger partial charge in [-0.3, -0.25) is 9.69 Å². The highest BCUT2D eigenvalue weighted by molar-refractivity contribution is 5.89. The van der Waals surface area contributed by atoms with E-state index < -0.39 is 0 Å². The third-order valence-corrected chi connectivity index (χ3v) is 7.55. The Morgan fingerprint density at radius 2 is 1.93 bits per heavy atom. The van der Waals surface area contributed by atoms with Gasteiger partial charge in [-0.1, -0.05) is 36.4 Å². The molecular weight excluding hydrogens is 504 g/mol. The summed E-state index contributed by atoms with van der Waals surface area (Å²) in [5.41, 5.74) is 13.0. The molecule has 2 N–H and O–H groups in total. The van der Waals surface area contributed by atoms with Crippen LogP contribution >= 0.6 is 0 Å². The van der Waals surface area contributed by atoms with Crippen molar-refractivity contribution >= 4 is 16.9 Å². The third-order valence-electron chi connectivity index (χ3n) is 7.55. The number of para-hydroxylation sites is 1. The third kappa shape index (κ3) is 6.39. The van der Waals surface area contributed by atoms with Gasteiger partial charge < -0.3 is 24.4 Å². The Labute approximate surface area is 235 Å². The number of esters is 1. The molecule has 210 valence electrons. The minimum atomic E-state index is -0.269.